The van der Waals surface area contributed by atoms with Crippen molar-refractivity contribution < 1.29 is 18.0 Å². The molecular weight excluding hydrogens is 245 g/mol. The Balaban J connectivity index is 0.00000225. The second-order valence-corrected chi connectivity index (χ2v) is 4.05. The van der Waals surface area contributed by atoms with Gasteiger partial charge in [0.1, 0.15) is 0 Å². The first-order valence-corrected chi connectivity index (χ1v) is 4.92. The molecule has 1 atom stereocenters. The van der Waals surface area contributed by atoms with Gasteiger partial charge in [-0.05, 0) is 5.92 Å². The standard InChI is InChI=1S/C9H15F3N2O.ClH/c1-6(2)7-5-14(4-3-13-7)8(15)9(10,11)12;/h6-7,13H,3-5H2,1-2H3;1H/t7-;/m1./s1. The number of hydrogen-bond donors (Lipinski definition) is 1. The molecule has 1 rings (SSSR count). The molecule has 0 aliphatic carbocycles. The third-order valence-corrected chi connectivity index (χ3v) is 2.54. The fraction of sp³-hybridized carbons (Fsp3) is 0.889. The number of piperazine rings is 1. The Hall–Kier alpha value is -0.490. The number of hydrogen-bond acceptors (Lipinski definition) is 2. The van der Waals surface area contributed by atoms with E-state index < -0.39 is 12.1 Å². The number of halogens is 4. The Morgan fingerprint density at radius 3 is 2.44 bits per heavy atom. The molecule has 1 N–H and O–H groups in total. The highest BCUT2D eigenvalue weighted by molar-refractivity contribution is 5.85. The first-order valence-electron chi connectivity index (χ1n) is 4.92. The molecule has 1 aliphatic heterocycles. The van der Waals surface area contributed by atoms with E-state index in [4.69, 9.17) is 0 Å². The van der Waals surface area contributed by atoms with E-state index in [-0.39, 0.29) is 37.5 Å². The summed E-state index contributed by atoms with van der Waals surface area (Å²) in [6.45, 7) is 4.51. The summed E-state index contributed by atoms with van der Waals surface area (Å²) in [6.07, 6.45) is -4.75. The molecular formula is C9H16ClF3N2O. The second kappa shape index (κ2) is 5.72. The first kappa shape index (κ1) is 15.5. The fourth-order valence-corrected chi connectivity index (χ4v) is 1.59. The lowest BCUT2D eigenvalue weighted by Crippen LogP contribution is -2.57. The van der Waals surface area contributed by atoms with Crippen LogP contribution in [-0.4, -0.2) is 42.7 Å². The van der Waals surface area contributed by atoms with Gasteiger partial charge in [0, 0.05) is 25.7 Å². The third-order valence-electron chi connectivity index (χ3n) is 2.54. The Morgan fingerprint density at radius 1 is 1.44 bits per heavy atom. The molecule has 0 radical (unpaired) electrons. The molecule has 0 aromatic carbocycles. The van der Waals surface area contributed by atoms with Crippen LogP contribution >= 0.6 is 12.4 Å². The van der Waals surface area contributed by atoms with E-state index in [9.17, 15) is 18.0 Å². The summed E-state index contributed by atoms with van der Waals surface area (Å²) < 4.78 is 36.5. The van der Waals surface area contributed by atoms with Gasteiger partial charge in [0.05, 0.1) is 0 Å². The predicted octanol–water partition coefficient (Wildman–Crippen LogP) is 1.43. The number of alkyl halides is 3. The molecule has 0 spiro atoms. The molecule has 96 valence electrons. The predicted molar refractivity (Wildman–Crippen MR) is 56.5 cm³/mol. The number of carbonyl (C=O) groups excluding carboxylic acids is 1. The van der Waals surface area contributed by atoms with Gasteiger partial charge in [0.2, 0.25) is 0 Å². The minimum Gasteiger partial charge on any atom is -0.332 e. The Morgan fingerprint density at radius 2 is 2.00 bits per heavy atom. The summed E-state index contributed by atoms with van der Waals surface area (Å²) in [5, 5.41) is 3.09. The minimum atomic E-state index is -4.75. The summed E-state index contributed by atoms with van der Waals surface area (Å²) in [5.41, 5.74) is 0. The van der Waals surface area contributed by atoms with Crippen LogP contribution in [-0.2, 0) is 4.79 Å². The van der Waals surface area contributed by atoms with Crippen LogP contribution in [0.15, 0.2) is 0 Å². The topological polar surface area (TPSA) is 32.3 Å². The van der Waals surface area contributed by atoms with Crippen LogP contribution in [0, 0.1) is 5.92 Å². The number of amides is 1. The molecule has 1 fully saturated rings. The van der Waals surface area contributed by atoms with Crippen molar-refractivity contribution in [1.29, 1.82) is 0 Å². The third kappa shape index (κ3) is 3.83. The molecule has 1 aliphatic rings. The molecule has 0 aromatic rings. The average Bonchev–Trinajstić information content (AvgIpc) is 2.15. The van der Waals surface area contributed by atoms with E-state index in [0.717, 1.165) is 4.90 Å². The number of nitrogens with one attached hydrogen (secondary N) is 1. The van der Waals surface area contributed by atoms with E-state index in [1.165, 1.54) is 0 Å². The zero-order valence-corrected chi connectivity index (χ0v) is 9.99. The van der Waals surface area contributed by atoms with Gasteiger partial charge in [-0.2, -0.15) is 13.2 Å². The molecule has 0 saturated carbocycles. The molecule has 0 bridgehead atoms. The zero-order valence-electron chi connectivity index (χ0n) is 9.17. The van der Waals surface area contributed by atoms with Crippen LogP contribution in [0.1, 0.15) is 13.8 Å². The van der Waals surface area contributed by atoms with Crippen molar-refractivity contribution in [2.75, 3.05) is 19.6 Å². The summed E-state index contributed by atoms with van der Waals surface area (Å²) in [5.74, 6) is -1.51. The van der Waals surface area contributed by atoms with Crippen LogP contribution in [0.4, 0.5) is 13.2 Å². The highest BCUT2D eigenvalue weighted by atomic mass is 35.5. The SMILES string of the molecule is CC(C)[C@H]1CN(C(=O)C(F)(F)F)CCN1.Cl. The van der Waals surface area contributed by atoms with Gasteiger partial charge in [-0.15, -0.1) is 12.4 Å². The Labute approximate surface area is 98.8 Å². The largest absolute Gasteiger partial charge is 0.471 e. The lowest BCUT2D eigenvalue weighted by Gasteiger charge is -2.35. The second-order valence-electron chi connectivity index (χ2n) is 4.05. The molecule has 16 heavy (non-hydrogen) atoms. The summed E-state index contributed by atoms with van der Waals surface area (Å²) in [7, 11) is 0. The van der Waals surface area contributed by atoms with Crippen LogP contribution in [0.2, 0.25) is 0 Å². The van der Waals surface area contributed by atoms with Crippen molar-refractivity contribution in [3.8, 4) is 0 Å². The van der Waals surface area contributed by atoms with Crippen molar-refractivity contribution in [3.05, 3.63) is 0 Å². The highest BCUT2D eigenvalue weighted by Crippen LogP contribution is 2.20. The number of carbonyl (C=O) groups is 1. The van der Waals surface area contributed by atoms with Crippen LogP contribution in [0.5, 0.6) is 0 Å². The van der Waals surface area contributed by atoms with Gasteiger partial charge in [-0.25, -0.2) is 0 Å². The average molecular weight is 261 g/mol. The Kier molecular flexibility index (Phi) is 5.55. The van der Waals surface area contributed by atoms with Crippen molar-refractivity contribution in [2.24, 2.45) is 5.92 Å². The van der Waals surface area contributed by atoms with Crippen LogP contribution < -0.4 is 5.32 Å². The van der Waals surface area contributed by atoms with Crippen LogP contribution in [0.3, 0.4) is 0 Å². The van der Waals surface area contributed by atoms with Gasteiger partial charge in [-0.1, -0.05) is 13.8 Å². The van der Waals surface area contributed by atoms with Gasteiger partial charge in [0.15, 0.2) is 0 Å². The lowest BCUT2D eigenvalue weighted by molar-refractivity contribution is -0.186. The maximum absolute atomic E-state index is 12.2. The summed E-state index contributed by atoms with van der Waals surface area (Å²) >= 11 is 0. The monoisotopic (exact) mass is 260 g/mol. The molecule has 0 unspecified atom stereocenters. The van der Waals surface area contributed by atoms with E-state index in [2.05, 4.69) is 5.32 Å². The van der Waals surface area contributed by atoms with Gasteiger partial charge in [-0.3, -0.25) is 4.79 Å². The molecule has 1 amide bonds. The van der Waals surface area contributed by atoms with Gasteiger partial charge in [0.25, 0.3) is 0 Å². The fourth-order valence-electron chi connectivity index (χ4n) is 1.59. The lowest BCUT2D eigenvalue weighted by atomic mass is 10.0. The van der Waals surface area contributed by atoms with E-state index in [1.807, 2.05) is 13.8 Å². The molecule has 1 saturated heterocycles. The van der Waals surface area contributed by atoms with Crippen molar-refractivity contribution in [3.63, 3.8) is 0 Å². The van der Waals surface area contributed by atoms with E-state index in [1.54, 1.807) is 0 Å². The van der Waals surface area contributed by atoms with Gasteiger partial charge >= 0.3 is 12.1 Å². The van der Waals surface area contributed by atoms with Gasteiger partial charge < -0.3 is 10.2 Å². The molecule has 3 nitrogen and oxygen atoms in total. The normalized spacial score (nSPS) is 21.9. The first-order chi connectivity index (χ1) is 6.82. The van der Waals surface area contributed by atoms with Crippen molar-refractivity contribution in [1.82, 2.24) is 10.2 Å². The minimum absolute atomic E-state index is 0. The Bertz CT molecular complexity index is 245. The molecule has 1 heterocycles. The van der Waals surface area contributed by atoms with E-state index >= 15 is 0 Å². The highest BCUT2D eigenvalue weighted by Gasteiger charge is 2.43. The molecule has 7 heteroatoms. The molecule has 0 aromatic heterocycles. The smallest absolute Gasteiger partial charge is 0.332 e. The summed E-state index contributed by atoms with van der Waals surface area (Å²) in [6, 6.07) is -0.0509. The maximum Gasteiger partial charge on any atom is 0.471 e. The van der Waals surface area contributed by atoms with E-state index in [0.29, 0.717) is 6.54 Å². The van der Waals surface area contributed by atoms with Crippen LogP contribution in [0.25, 0.3) is 0 Å². The number of rotatable bonds is 1. The quantitative estimate of drug-likeness (QED) is 0.774. The zero-order chi connectivity index (χ0) is 11.6. The maximum atomic E-state index is 12.2. The summed E-state index contributed by atoms with van der Waals surface area (Å²) in [4.78, 5) is 11.8. The van der Waals surface area contributed by atoms with Crippen molar-refractivity contribution in [2.45, 2.75) is 26.1 Å². The van der Waals surface area contributed by atoms with Crippen molar-refractivity contribution >= 4 is 18.3 Å². The number of nitrogens with zero attached hydrogens (tertiary/aromatic N) is 1.